The molecule has 0 atom stereocenters. The lowest BCUT2D eigenvalue weighted by molar-refractivity contribution is 0.600. The molecule has 0 saturated heterocycles. The molecule has 0 heterocycles. The van der Waals surface area contributed by atoms with Crippen molar-refractivity contribution < 1.29 is 12.8 Å². The summed E-state index contributed by atoms with van der Waals surface area (Å²) in [5.41, 5.74) is 1.82. The molecule has 0 radical (unpaired) electrons. The molecule has 0 bridgehead atoms. The molecule has 0 saturated carbocycles. The van der Waals surface area contributed by atoms with Crippen LogP contribution < -0.4 is 4.72 Å². The second-order valence-corrected chi connectivity index (χ2v) is 7.01. The highest BCUT2D eigenvalue weighted by atomic mass is 79.9. The topological polar surface area (TPSA) is 46.2 Å². The van der Waals surface area contributed by atoms with Crippen LogP contribution in [0.15, 0.2) is 45.8 Å². The number of sulfonamides is 1. The number of nitrogens with one attached hydrogen (secondary N) is 1. The molecule has 0 aliphatic rings. The second-order valence-electron chi connectivity index (χ2n) is 4.50. The molecule has 2 aromatic rings. The lowest BCUT2D eigenvalue weighted by Crippen LogP contribution is -2.14. The van der Waals surface area contributed by atoms with Crippen molar-refractivity contribution in [2.75, 3.05) is 4.72 Å². The van der Waals surface area contributed by atoms with E-state index in [2.05, 4.69) is 20.7 Å². The molecular weight excluding hydrogens is 345 g/mol. The fraction of sp³-hybridized carbons (Fsp3) is 0.143. The lowest BCUT2D eigenvalue weighted by Gasteiger charge is -2.11. The van der Waals surface area contributed by atoms with E-state index in [1.54, 1.807) is 19.1 Å². The third kappa shape index (κ3) is 3.19. The monoisotopic (exact) mass is 357 g/mol. The third-order valence-electron chi connectivity index (χ3n) is 2.80. The van der Waals surface area contributed by atoms with Crippen molar-refractivity contribution >= 4 is 31.6 Å². The Morgan fingerprint density at radius 2 is 1.80 bits per heavy atom. The van der Waals surface area contributed by atoms with E-state index in [0.717, 1.165) is 5.56 Å². The van der Waals surface area contributed by atoms with Crippen LogP contribution in [-0.2, 0) is 10.0 Å². The van der Waals surface area contributed by atoms with Gasteiger partial charge in [-0.1, -0.05) is 12.1 Å². The normalized spacial score (nSPS) is 11.4. The van der Waals surface area contributed by atoms with Gasteiger partial charge in [0.1, 0.15) is 5.82 Å². The highest BCUT2D eigenvalue weighted by molar-refractivity contribution is 9.10. The Kier molecular flexibility index (Phi) is 4.15. The first-order chi connectivity index (χ1) is 9.29. The maximum atomic E-state index is 13.1. The van der Waals surface area contributed by atoms with E-state index in [0.29, 0.717) is 11.3 Å². The second kappa shape index (κ2) is 5.54. The standard InChI is InChI=1S/C14H13BrFNO2S/c1-9-3-4-10(2)14(7-9)20(18,19)17-11-5-6-13(16)12(15)8-11/h3-8,17H,1-2H3. The molecule has 0 aliphatic heterocycles. The zero-order valence-electron chi connectivity index (χ0n) is 10.9. The summed E-state index contributed by atoms with van der Waals surface area (Å²) < 4.78 is 40.5. The Labute approximate surface area is 126 Å². The number of hydrogen-bond donors (Lipinski definition) is 1. The van der Waals surface area contributed by atoms with Gasteiger partial charge in [0, 0.05) is 0 Å². The van der Waals surface area contributed by atoms with Gasteiger partial charge in [0.15, 0.2) is 0 Å². The summed E-state index contributed by atoms with van der Waals surface area (Å²) in [6.45, 7) is 3.56. The smallest absolute Gasteiger partial charge is 0.262 e. The molecular formula is C14H13BrFNO2S. The molecule has 0 aliphatic carbocycles. The summed E-state index contributed by atoms with van der Waals surface area (Å²) in [6, 6.07) is 9.18. The Morgan fingerprint density at radius 1 is 1.10 bits per heavy atom. The van der Waals surface area contributed by atoms with Gasteiger partial charge in [-0.15, -0.1) is 0 Å². The van der Waals surface area contributed by atoms with Gasteiger partial charge in [-0.25, -0.2) is 12.8 Å². The van der Waals surface area contributed by atoms with Crippen molar-refractivity contribution in [3.8, 4) is 0 Å². The van der Waals surface area contributed by atoms with Gasteiger partial charge in [0.05, 0.1) is 15.1 Å². The van der Waals surface area contributed by atoms with Crippen LogP contribution in [0.5, 0.6) is 0 Å². The molecule has 106 valence electrons. The van der Waals surface area contributed by atoms with Gasteiger partial charge in [-0.3, -0.25) is 4.72 Å². The van der Waals surface area contributed by atoms with Gasteiger partial charge in [0.25, 0.3) is 10.0 Å². The first-order valence-electron chi connectivity index (χ1n) is 5.85. The number of anilines is 1. The van der Waals surface area contributed by atoms with E-state index in [1.807, 2.05) is 13.0 Å². The average molecular weight is 358 g/mol. The maximum absolute atomic E-state index is 13.1. The summed E-state index contributed by atoms with van der Waals surface area (Å²) in [5, 5.41) is 0. The largest absolute Gasteiger partial charge is 0.280 e. The molecule has 1 N–H and O–H groups in total. The molecule has 2 rings (SSSR count). The molecule has 0 fully saturated rings. The van der Waals surface area contributed by atoms with E-state index in [1.165, 1.54) is 18.2 Å². The van der Waals surface area contributed by atoms with Gasteiger partial charge in [-0.2, -0.15) is 0 Å². The van der Waals surface area contributed by atoms with Gasteiger partial charge in [0.2, 0.25) is 0 Å². The fourth-order valence-corrected chi connectivity index (χ4v) is 3.53. The van der Waals surface area contributed by atoms with Crippen molar-refractivity contribution in [3.63, 3.8) is 0 Å². The third-order valence-corrected chi connectivity index (χ3v) is 4.94. The Hall–Kier alpha value is -1.40. The van der Waals surface area contributed by atoms with Crippen molar-refractivity contribution in [3.05, 3.63) is 57.8 Å². The number of benzene rings is 2. The summed E-state index contributed by atoms with van der Waals surface area (Å²) in [5.74, 6) is -0.445. The van der Waals surface area contributed by atoms with Crippen LogP contribution in [0.25, 0.3) is 0 Å². The number of rotatable bonds is 3. The van der Waals surface area contributed by atoms with E-state index >= 15 is 0 Å². The zero-order valence-corrected chi connectivity index (χ0v) is 13.3. The van der Waals surface area contributed by atoms with Gasteiger partial charge in [-0.05, 0) is 65.2 Å². The van der Waals surface area contributed by atoms with Gasteiger partial charge >= 0.3 is 0 Å². The van der Waals surface area contributed by atoms with Crippen LogP contribution >= 0.6 is 15.9 Å². The van der Waals surface area contributed by atoms with E-state index < -0.39 is 15.8 Å². The number of aryl methyl sites for hydroxylation is 2. The Balaban J connectivity index is 2.40. The molecule has 2 aromatic carbocycles. The van der Waals surface area contributed by atoms with Gasteiger partial charge < -0.3 is 0 Å². The first-order valence-corrected chi connectivity index (χ1v) is 8.12. The molecule has 0 amide bonds. The maximum Gasteiger partial charge on any atom is 0.262 e. The minimum atomic E-state index is -3.69. The number of halogens is 2. The van der Waals surface area contributed by atoms with Crippen LogP contribution in [0.2, 0.25) is 0 Å². The molecule has 0 spiro atoms. The predicted octanol–water partition coefficient (Wildman–Crippen LogP) is 4.01. The minimum absolute atomic E-state index is 0.207. The van der Waals surface area contributed by atoms with E-state index in [-0.39, 0.29) is 9.37 Å². The van der Waals surface area contributed by atoms with Crippen LogP contribution in [0.4, 0.5) is 10.1 Å². The van der Waals surface area contributed by atoms with Crippen molar-refractivity contribution in [1.29, 1.82) is 0 Å². The van der Waals surface area contributed by atoms with Crippen LogP contribution in [0.3, 0.4) is 0 Å². The molecule has 0 aromatic heterocycles. The van der Waals surface area contributed by atoms with Crippen LogP contribution in [0.1, 0.15) is 11.1 Å². The predicted molar refractivity (Wildman–Crippen MR) is 80.8 cm³/mol. The van der Waals surface area contributed by atoms with Crippen molar-refractivity contribution in [2.45, 2.75) is 18.7 Å². The fourth-order valence-electron chi connectivity index (χ4n) is 1.77. The molecule has 3 nitrogen and oxygen atoms in total. The minimum Gasteiger partial charge on any atom is -0.280 e. The van der Waals surface area contributed by atoms with E-state index in [9.17, 15) is 12.8 Å². The first kappa shape index (κ1) is 15.0. The summed E-state index contributed by atoms with van der Waals surface area (Å²) in [6.07, 6.45) is 0. The van der Waals surface area contributed by atoms with Crippen LogP contribution in [0, 0.1) is 19.7 Å². The summed E-state index contributed by atoms with van der Waals surface area (Å²) in [7, 11) is -3.69. The highest BCUT2D eigenvalue weighted by Gasteiger charge is 2.17. The highest BCUT2D eigenvalue weighted by Crippen LogP contribution is 2.24. The summed E-state index contributed by atoms with van der Waals surface area (Å²) in [4.78, 5) is 0.220. The van der Waals surface area contributed by atoms with E-state index in [4.69, 9.17) is 0 Å². The number of hydrogen-bond acceptors (Lipinski definition) is 2. The molecule has 0 unspecified atom stereocenters. The Morgan fingerprint density at radius 3 is 2.45 bits per heavy atom. The quantitative estimate of drug-likeness (QED) is 0.901. The van der Waals surface area contributed by atoms with Crippen molar-refractivity contribution in [1.82, 2.24) is 0 Å². The van der Waals surface area contributed by atoms with Crippen LogP contribution in [-0.4, -0.2) is 8.42 Å². The molecule has 6 heteroatoms. The van der Waals surface area contributed by atoms with Crippen molar-refractivity contribution in [2.24, 2.45) is 0 Å². The lowest BCUT2D eigenvalue weighted by atomic mass is 10.2. The SMILES string of the molecule is Cc1ccc(C)c(S(=O)(=O)Nc2ccc(F)c(Br)c2)c1. The zero-order chi connectivity index (χ0) is 14.9. The Bertz CT molecular complexity index is 760. The summed E-state index contributed by atoms with van der Waals surface area (Å²) >= 11 is 3.03. The average Bonchev–Trinajstić information content (AvgIpc) is 2.36. The molecule has 20 heavy (non-hydrogen) atoms.